The van der Waals surface area contributed by atoms with E-state index >= 15 is 0 Å². The third-order valence-corrected chi connectivity index (χ3v) is 6.45. The molecule has 0 bridgehead atoms. The van der Waals surface area contributed by atoms with E-state index in [0.717, 1.165) is 45.0 Å². The van der Waals surface area contributed by atoms with Crippen LogP contribution in [-0.4, -0.2) is 34.2 Å². The monoisotopic (exact) mass is 510 g/mol. The number of pyridine rings is 1. The first-order chi connectivity index (χ1) is 17.8. The van der Waals surface area contributed by atoms with Crippen LogP contribution in [0.15, 0.2) is 60.7 Å². The van der Waals surface area contributed by atoms with Crippen LogP contribution < -0.4 is 5.73 Å². The molecule has 2 heterocycles. The van der Waals surface area contributed by atoms with Gasteiger partial charge in [-0.1, -0.05) is 65.8 Å². The van der Waals surface area contributed by atoms with E-state index in [1.807, 2.05) is 24.3 Å². The van der Waals surface area contributed by atoms with Gasteiger partial charge in [0.05, 0.1) is 18.4 Å². The molecular formula is C31H34N4O3. The van der Waals surface area contributed by atoms with Crippen molar-refractivity contribution < 1.29 is 14.3 Å². The van der Waals surface area contributed by atoms with Crippen LogP contribution in [0.5, 0.6) is 0 Å². The summed E-state index contributed by atoms with van der Waals surface area (Å²) in [7, 11) is 1.36. The van der Waals surface area contributed by atoms with Crippen LogP contribution in [0.1, 0.15) is 73.6 Å². The van der Waals surface area contributed by atoms with Gasteiger partial charge in [-0.25, -0.2) is 4.79 Å². The number of methoxy groups -OCH3 is 1. The second-order valence-electron chi connectivity index (χ2n) is 11.5. The number of ether oxygens (including phenoxy) is 1. The number of primary amides is 1. The number of aromatic nitrogens is 3. The van der Waals surface area contributed by atoms with Gasteiger partial charge in [0, 0.05) is 44.5 Å². The summed E-state index contributed by atoms with van der Waals surface area (Å²) >= 11 is 0. The largest absolute Gasteiger partial charge is 0.465 e. The molecule has 0 saturated heterocycles. The zero-order valence-corrected chi connectivity index (χ0v) is 23.0. The Bertz CT molecular complexity index is 1450. The van der Waals surface area contributed by atoms with Crippen LogP contribution in [-0.2, 0) is 15.6 Å². The average Bonchev–Trinajstić information content (AvgIpc) is 3.32. The van der Waals surface area contributed by atoms with E-state index in [9.17, 15) is 9.59 Å². The Morgan fingerprint density at radius 3 is 1.74 bits per heavy atom. The van der Waals surface area contributed by atoms with Crippen molar-refractivity contribution in [3.63, 3.8) is 0 Å². The van der Waals surface area contributed by atoms with Crippen molar-refractivity contribution in [2.45, 2.75) is 52.4 Å². The third-order valence-electron chi connectivity index (χ3n) is 6.45. The van der Waals surface area contributed by atoms with Crippen LogP contribution in [0.3, 0.4) is 0 Å². The molecule has 2 aromatic carbocycles. The van der Waals surface area contributed by atoms with Crippen LogP contribution in [0.2, 0.25) is 0 Å². The Morgan fingerprint density at radius 2 is 1.26 bits per heavy atom. The quantitative estimate of drug-likeness (QED) is 0.307. The van der Waals surface area contributed by atoms with Crippen molar-refractivity contribution in [1.82, 2.24) is 15.2 Å². The lowest BCUT2D eigenvalue weighted by Gasteiger charge is -2.24. The molecule has 0 spiro atoms. The molecule has 0 aliphatic heterocycles. The summed E-state index contributed by atoms with van der Waals surface area (Å²) in [5.41, 5.74) is 13.1. The maximum absolute atomic E-state index is 12.0. The fraction of sp³-hybridized carbons (Fsp3) is 0.290. The summed E-state index contributed by atoms with van der Waals surface area (Å²) in [5.74, 6) is -0.883. The number of nitrogens with one attached hydrogen (secondary N) is 1. The van der Waals surface area contributed by atoms with Gasteiger partial charge >= 0.3 is 5.97 Å². The highest BCUT2D eigenvalue weighted by Crippen LogP contribution is 2.40. The Hall–Kier alpha value is -4.26. The lowest BCUT2D eigenvalue weighted by atomic mass is 9.85. The lowest BCUT2D eigenvalue weighted by molar-refractivity contribution is 0.0600. The Balaban J connectivity index is 1.97. The molecule has 0 unspecified atom stereocenters. The van der Waals surface area contributed by atoms with Gasteiger partial charge in [0.25, 0.3) is 0 Å². The number of hydrogen-bond acceptors (Lipinski definition) is 5. The van der Waals surface area contributed by atoms with Crippen molar-refractivity contribution in [1.29, 1.82) is 0 Å². The number of nitrogens with zero attached hydrogens (tertiary/aromatic N) is 2. The van der Waals surface area contributed by atoms with Crippen LogP contribution >= 0.6 is 0 Å². The van der Waals surface area contributed by atoms with E-state index in [1.54, 1.807) is 24.3 Å². The molecule has 0 radical (unpaired) electrons. The summed E-state index contributed by atoms with van der Waals surface area (Å²) in [6, 6.07) is 18.5. The number of H-pyrrole nitrogens is 1. The van der Waals surface area contributed by atoms with Gasteiger partial charge in [0.1, 0.15) is 5.69 Å². The van der Waals surface area contributed by atoms with Gasteiger partial charge in [0.2, 0.25) is 5.91 Å². The zero-order chi connectivity index (χ0) is 27.8. The summed E-state index contributed by atoms with van der Waals surface area (Å²) in [4.78, 5) is 28.7. The second-order valence-corrected chi connectivity index (χ2v) is 11.5. The van der Waals surface area contributed by atoms with Gasteiger partial charge in [-0.2, -0.15) is 5.10 Å². The first-order valence-electron chi connectivity index (χ1n) is 12.5. The smallest absolute Gasteiger partial charge is 0.337 e. The molecule has 0 saturated carbocycles. The first kappa shape index (κ1) is 26.8. The molecule has 0 fully saturated rings. The van der Waals surface area contributed by atoms with Crippen LogP contribution in [0, 0.1) is 0 Å². The number of rotatable bonds is 5. The first-order valence-corrected chi connectivity index (χ1v) is 12.5. The molecule has 4 aromatic rings. The number of carbonyl (C=O) groups excluding carboxylic acids is 2. The van der Waals surface area contributed by atoms with E-state index < -0.39 is 11.9 Å². The van der Waals surface area contributed by atoms with Gasteiger partial charge < -0.3 is 10.5 Å². The summed E-state index contributed by atoms with van der Waals surface area (Å²) in [6.07, 6.45) is 0. The Morgan fingerprint density at radius 1 is 0.763 bits per heavy atom. The predicted molar refractivity (Wildman–Crippen MR) is 150 cm³/mol. The third kappa shape index (κ3) is 5.37. The molecule has 2 aromatic heterocycles. The van der Waals surface area contributed by atoms with Crippen molar-refractivity contribution in [2.75, 3.05) is 7.11 Å². The Kier molecular flexibility index (Phi) is 6.98. The number of carbonyl (C=O) groups is 2. The number of amides is 1. The standard InChI is InChI=1S/C31H34N4O3/c1-30(2,3)23-16-22(17-24(33-23)31(4,5)6)27-25(18-8-12-20(13-9-18)28(32)36)26(34-35-27)19-10-14-21(15-11-19)29(37)38-7/h8-17H,1-7H3,(H2,32,36)(H,34,35). The minimum Gasteiger partial charge on any atom is -0.465 e. The van der Waals surface area contributed by atoms with Gasteiger partial charge in [-0.3, -0.25) is 14.9 Å². The number of hydrogen-bond donors (Lipinski definition) is 2. The minimum atomic E-state index is -0.485. The van der Waals surface area contributed by atoms with Crippen molar-refractivity contribution in [3.8, 4) is 33.6 Å². The molecule has 7 nitrogen and oxygen atoms in total. The van der Waals surface area contributed by atoms with Gasteiger partial charge in [0.15, 0.2) is 0 Å². The number of aromatic amines is 1. The molecule has 7 heteroatoms. The molecule has 0 aliphatic rings. The van der Waals surface area contributed by atoms with Crippen LogP contribution in [0.25, 0.3) is 33.6 Å². The highest BCUT2D eigenvalue weighted by atomic mass is 16.5. The molecule has 3 N–H and O–H groups in total. The van der Waals surface area contributed by atoms with Crippen molar-refractivity contribution >= 4 is 11.9 Å². The summed E-state index contributed by atoms with van der Waals surface area (Å²) in [5, 5.41) is 8.01. The zero-order valence-electron chi connectivity index (χ0n) is 23.0. The molecule has 196 valence electrons. The molecule has 4 rings (SSSR count). The fourth-order valence-electron chi connectivity index (χ4n) is 4.17. The number of esters is 1. The second kappa shape index (κ2) is 9.89. The number of benzene rings is 2. The Labute approximate surface area is 223 Å². The summed E-state index contributed by atoms with van der Waals surface area (Å²) < 4.78 is 4.84. The SMILES string of the molecule is COC(=O)c1ccc(-c2[nH]nc(-c3cc(C(C)(C)C)nc(C(C)(C)C)c3)c2-c2ccc(C(N)=O)cc2)cc1. The van der Waals surface area contributed by atoms with Crippen molar-refractivity contribution in [3.05, 3.63) is 83.2 Å². The van der Waals surface area contributed by atoms with Crippen LogP contribution in [0.4, 0.5) is 0 Å². The molecule has 38 heavy (non-hydrogen) atoms. The maximum atomic E-state index is 12.0. The molecule has 0 aliphatic carbocycles. The molecule has 0 atom stereocenters. The minimum absolute atomic E-state index is 0.165. The predicted octanol–water partition coefficient (Wildman–Crippen LogP) is 6.29. The topological polar surface area (TPSA) is 111 Å². The molecule has 1 amide bonds. The normalized spacial score (nSPS) is 11.9. The molecular weight excluding hydrogens is 476 g/mol. The maximum Gasteiger partial charge on any atom is 0.337 e. The fourth-order valence-corrected chi connectivity index (χ4v) is 4.17. The van der Waals surface area contributed by atoms with E-state index in [0.29, 0.717) is 11.1 Å². The van der Waals surface area contributed by atoms with E-state index in [1.165, 1.54) is 7.11 Å². The summed E-state index contributed by atoms with van der Waals surface area (Å²) in [6.45, 7) is 12.9. The number of nitrogens with two attached hydrogens (primary N) is 1. The van der Waals surface area contributed by atoms with E-state index in [-0.39, 0.29) is 10.8 Å². The van der Waals surface area contributed by atoms with Gasteiger partial charge in [-0.15, -0.1) is 0 Å². The van der Waals surface area contributed by atoms with E-state index in [2.05, 4.69) is 58.8 Å². The van der Waals surface area contributed by atoms with Crippen molar-refractivity contribution in [2.24, 2.45) is 5.73 Å². The van der Waals surface area contributed by atoms with Gasteiger partial charge in [-0.05, 0) is 42.0 Å². The average molecular weight is 511 g/mol. The highest BCUT2D eigenvalue weighted by molar-refractivity contribution is 5.96. The lowest BCUT2D eigenvalue weighted by Crippen LogP contribution is -2.20. The van der Waals surface area contributed by atoms with E-state index in [4.69, 9.17) is 20.6 Å². The highest BCUT2D eigenvalue weighted by Gasteiger charge is 2.26.